The molecular weight excluding hydrogens is 452 g/mol. The van der Waals surface area contributed by atoms with Gasteiger partial charge in [0, 0.05) is 60.6 Å². The Labute approximate surface area is 211 Å². The molecule has 1 saturated heterocycles. The monoisotopic (exact) mass is 484 g/mol. The van der Waals surface area contributed by atoms with Crippen molar-refractivity contribution >= 4 is 22.9 Å². The van der Waals surface area contributed by atoms with Gasteiger partial charge in [-0.2, -0.15) is 0 Å². The quantitative estimate of drug-likeness (QED) is 0.343. The van der Waals surface area contributed by atoms with E-state index in [2.05, 4.69) is 46.3 Å². The van der Waals surface area contributed by atoms with Crippen LogP contribution in [-0.4, -0.2) is 52.7 Å². The zero-order valence-corrected chi connectivity index (χ0v) is 21.5. The topological polar surface area (TPSA) is 71.7 Å². The fourth-order valence-electron chi connectivity index (χ4n) is 4.61. The fourth-order valence-corrected chi connectivity index (χ4v) is 4.61. The predicted octanol–water partition coefficient (Wildman–Crippen LogP) is 6.23. The van der Waals surface area contributed by atoms with Crippen molar-refractivity contribution < 1.29 is 13.9 Å². The van der Waals surface area contributed by atoms with Crippen molar-refractivity contribution in [3.63, 3.8) is 0 Å². The number of carbonyl (C=O) groups is 1. The number of amides is 1. The summed E-state index contributed by atoms with van der Waals surface area (Å²) in [7, 11) is 0. The average molecular weight is 485 g/mol. The van der Waals surface area contributed by atoms with Crippen molar-refractivity contribution in [1.82, 2.24) is 14.9 Å². The number of anilines is 1. The Morgan fingerprint density at radius 1 is 0.917 bits per heavy atom. The number of rotatable bonds is 3. The third kappa shape index (κ3) is 5.05. The van der Waals surface area contributed by atoms with Crippen LogP contribution in [0.15, 0.2) is 59.3 Å². The molecule has 186 valence electrons. The molecule has 0 N–H and O–H groups in total. The molecule has 0 radical (unpaired) electrons. The van der Waals surface area contributed by atoms with Gasteiger partial charge in [-0.25, -0.2) is 4.79 Å². The van der Waals surface area contributed by atoms with Gasteiger partial charge >= 0.3 is 6.09 Å². The highest BCUT2D eigenvalue weighted by atomic mass is 16.6. The highest BCUT2D eigenvalue weighted by Gasteiger charge is 2.26. The standard InChI is InChI=1S/C29H32N4O3/c1-19-14-22(15-20(2)31-19)25-18-35-26-16-23(17-30-27(25)26)21-6-8-24(9-7-21)32-10-12-33(13-11-32)28(34)36-29(3,4)5/h6-9,14-18H,10-13H2,1-5H3. The van der Waals surface area contributed by atoms with E-state index in [1.807, 2.05) is 46.9 Å². The third-order valence-corrected chi connectivity index (χ3v) is 6.30. The summed E-state index contributed by atoms with van der Waals surface area (Å²) in [6.07, 6.45) is 3.43. The number of pyridine rings is 2. The Bertz CT molecular complexity index is 1370. The van der Waals surface area contributed by atoms with Crippen molar-refractivity contribution in [3.05, 3.63) is 66.3 Å². The minimum atomic E-state index is -0.476. The van der Waals surface area contributed by atoms with Gasteiger partial charge in [0.15, 0.2) is 5.58 Å². The lowest BCUT2D eigenvalue weighted by atomic mass is 10.0. The maximum absolute atomic E-state index is 12.3. The Kier molecular flexibility index (Phi) is 6.16. The number of piperazine rings is 1. The number of aromatic nitrogens is 2. The van der Waals surface area contributed by atoms with Gasteiger partial charge in [-0.1, -0.05) is 12.1 Å². The number of nitrogens with zero attached hydrogens (tertiary/aromatic N) is 4. The molecule has 0 atom stereocenters. The Balaban J connectivity index is 1.29. The normalized spacial score (nSPS) is 14.4. The molecule has 0 bridgehead atoms. The summed E-state index contributed by atoms with van der Waals surface area (Å²) in [4.78, 5) is 25.6. The summed E-state index contributed by atoms with van der Waals surface area (Å²) in [5.41, 5.74) is 8.35. The van der Waals surface area contributed by atoms with E-state index in [0.29, 0.717) is 13.1 Å². The molecule has 36 heavy (non-hydrogen) atoms. The van der Waals surface area contributed by atoms with Gasteiger partial charge in [-0.15, -0.1) is 0 Å². The van der Waals surface area contributed by atoms with Crippen LogP contribution in [0.1, 0.15) is 32.2 Å². The van der Waals surface area contributed by atoms with Crippen LogP contribution in [0.2, 0.25) is 0 Å². The van der Waals surface area contributed by atoms with E-state index in [1.165, 1.54) is 0 Å². The molecule has 7 heteroatoms. The van der Waals surface area contributed by atoms with Crippen LogP contribution < -0.4 is 4.90 Å². The van der Waals surface area contributed by atoms with Crippen LogP contribution >= 0.6 is 0 Å². The van der Waals surface area contributed by atoms with Crippen LogP contribution in [-0.2, 0) is 4.74 Å². The van der Waals surface area contributed by atoms with E-state index in [9.17, 15) is 4.79 Å². The second-order valence-corrected chi connectivity index (χ2v) is 10.4. The summed E-state index contributed by atoms with van der Waals surface area (Å²) in [6, 6.07) is 14.6. The predicted molar refractivity (Wildman–Crippen MR) is 142 cm³/mol. The molecule has 1 aliphatic rings. The first-order valence-electron chi connectivity index (χ1n) is 12.3. The SMILES string of the molecule is Cc1cc(-c2coc3cc(-c4ccc(N5CCN(C(=O)OC(C)(C)C)CC5)cc4)cnc23)cc(C)n1. The number of hydrogen-bond donors (Lipinski definition) is 0. The maximum atomic E-state index is 12.3. The lowest BCUT2D eigenvalue weighted by Crippen LogP contribution is -2.50. The van der Waals surface area contributed by atoms with E-state index in [0.717, 1.165) is 63.5 Å². The van der Waals surface area contributed by atoms with E-state index >= 15 is 0 Å². The minimum Gasteiger partial charge on any atom is -0.462 e. The molecular formula is C29H32N4O3. The van der Waals surface area contributed by atoms with Crippen molar-refractivity contribution in [1.29, 1.82) is 0 Å². The molecule has 0 spiro atoms. The van der Waals surface area contributed by atoms with Gasteiger partial charge in [-0.3, -0.25) is 9.97 Å². The second-order valence-electron chi connectivity index (χ2n) is 10.4. The lowest BCUT2D eigenvalue weighted by Gasteiger charge is -2.36. The van der Waals surface area contributed by atoms with Gasteiger partial charge < -0.3 is 19.0 Å². The third-order valence-electron chi connectivity index (χ3n) is 6.30. The van der Waals surface area contributed by atoms with Crippen LogP contribution in [0.4, 0.5) is 10.5 Å². The number of furan rings is 1. The minimum absolute atomic E-state index is 0.240. The first-order valence-corrected chi connectivity index (χ1v) is 12.3. The number of hydrogen-bond acceptors (Lipinski definition) is 6. The van der Waals surface area contributed by atoms with Gasteiger partial charge in [0.05, 0.1) is 0 Å². The van der Waals surface area contributed by atoms with Crippen LogP contribution in [0, 0.1) is 13.8 Å². The number of benzene rings is 1. The van der Waals surface area contributed by atoms with Gasteiger partial charge in [0.25, 0.3) is 0 Å². The fraction of sp³-hybridized carbons (Fsp3) is 0.345. The average Bonchev–Trinajstić information content (AvgIpc) is 3.26. The highest BCUT2D eigenvalue weighted by molar-refractivity contribution is 5.92. The summed E-state index contributed by atoms with van der Waals surface area (Å²) >= 11 is 0. The largest absolute Gasteiger partial charge is 0.462 e. The van der Waals surface area contributed by atoms with Gasteiger partial charge in [0.2, 0.25) is 0 Å². The smallest absolute Gasteiger partial charge is 0.410 e. The molecule has 5 rings (SSSR count). The Hall–Kier alpha value is -3.87. The highest BCUT2D eigenvalue weighted by Crippen LogP contribution is 2.33. The Morgan fingerprint density at radius 2 is 1.58 bits per heavy atom. The first-order chi connectivity index (χ1) is 17.2. The van der Waals surface area contributed by atoms with Crippen molar-refractivity contribution in [2.24, 2.45) is 0 Å². The molecule has 4 aromatic rings. The van der Waals surface area contributed by atoms with Crippen LogP contribution in [0.5, 0.6) is 0 Å². The molecule has 1 aromatic carbocycles. The maximum Gasteiger partial charge on any atom is 0.410 e. The molecule has 4 heterocycles. The van der Waals surface area contributed by atoms with Crippen molar-refractivity contribution in [3.8, 4) is 22.3 Å². The van der Waals surface area contributed by atoms with E-state index in [1.54, 1.807) is 11.2 Å². The molecule has 1 aliphatic heterocycles. The summed E-state index contributed by atoms with van der Waals surface area (Å²) in [5, 5.41) is 0. The molecule has 1 amide bonds. The second kappa shape index (κ2) is 9.30. The molecule has 0 saturated carbocycles. The summed E-state index contributed by atoms with van der Waals surface area (Å²) < 4.78 is 11.4. The van der Waals surface area contributed by atoms with E-state index in [4.69, 9.17) is 14.1 Å². The first kappa shape index (κ1) is 23.9. The molecule has 7 nitrogen and oxygen atoms in total. The summed E-state index contributed by atoms with van der Waals surface area (Å²) in [6.45, 7) is 12.5. The summed E-state index contributed by atoms with van der Waals surface area (Å²) in [5.74, 6) is 0. The molecule has 0 aliphatic carbocycles. The van der Waals surface area contributed by atoms with Gasteiger partial charge in [-0.05, 0) is 76.1 Å². The van der Waals surface area contributed by atoms with Gasteiger partial charge in [0.1, 0.15) is 17.4 Å². The van der Waals surface area contributed by atoms with Crippen LogP contribution in [0.25, 0.3) is 33.4 Å². The van der Waals surface area contributed by atoms with E-state index < -0.39 is 5.60 Å². The van der Waals surface area contributed by atoms with Crippen LogP contribution in [0.3, 0.4) is 0 Å². The zero-order valence-electron chi connectivity index (χ0n) is 21.5. The molecule has 1 fully saturated rings. The lowest BCUT2D eigenvalue weighted by molar-refractivity contribution is 0.0240. The number of carbonyl (C=O) groups excluding carboxylic acids is 1. The number of aryl methyl sites for hydroxylation is 2. The van der Waals surface area contributed by atoms with E-state index in [-0.39, 0.29) is 6.09 Å². The van der Waals surface area contributed by atoms with Crippen molar-refractivity contribution in [2.75, 3.05) is 31.1 Å². The zero-order chi connectivity index (χ0) is 25.4. The Morgan fingerprint density at radius 3 is 2.22 bits per heavy atom. The number of ether oxygens (including phenoxy) is 1. The molecule has 0 unspecified atom stereocenters. The number of fused-ring (bicyclic) bond motifs is 1. The molecule has 3 aromatic heterocycles. The van der Waals surface area contributed by atoms with Crippen molar-refractivity contribution in [2.45, 2.75) is 40.2 Å².